The van der Waals surface area contributed by atoms with Crippen LogP contribution in [0.15, 0.2) is 261 Å². The molecule has 0 aliphatic carbocycles. The first-order valence-corrected chi connectivity index (χ1v) is 29.9. The van der Waals surface area contributed by atoms with Crippen LogP contribution in [0.3, 0.4) is 0 Å². The van der Waals surface area contributed by atoms with Crippen molar-refractivity contribution in [1.82, 2.24) is 8.80 Å². The van der Waals surface area contributed by atoms with Crippen LogP contribution in [-0.2, 0) is 6.42 Å². The molecule has 84 heavy (non-hydrogen) atoms. The third kappa shape index (κ3) is 6.98. The topological polar surface area (TPSA) is 8.82 Å². The number of rotatable bonds is 8. The van der Waals surface area contributed by atoms with Gasteiger partial charge in [0.1, 0.15) is 0 Å². The molecule has 4 heterocycles. The Morgan fingerprint density at radius 1 is 0.286 bits per heavy atom. The minimum absolute atomic E-state index is 0.248. The Kier molecular flexibility index (Phi) is 10.1. The van der Waals surface area contributed by atoms with E-state index in [2.05, 4.69) is 290 Å². The average molecular weight is 1070 g/mol. The quantitative estimate of drug-likeness (QED) is 0.143. The van der Waals surface area contributed by atoms with E-state index in [1.165, 1.54) is 180 Å². The van der Waals surface area contributed by atoms with E-state index in [-0.39, 0.29) is 5.92 Å². The Labute approximate surface area is 486 Å². The molecule has 0 N–H and O–H groups in total. The van der Waals surface area contributed by atoms with Crippen molar-refractivity contribution in [3.05, 3.63) is 278 Å². The van der Waals surface area contributed by atoms with Crippen molar-refractivity contribution >= 4 is 119 Å². The van der Waals surface area contributed by atoms with Crippen LogP contribution in [0.2, 0.25) is 0 Å². The molecule has 0 aliphatic heterocycles. The highest BCUT2D eigenvalue weighted by molar-refractivity contribution is 6.29. The maximum absolute atomic E-state index is 2.58. The molecule has 0 aliphatic rings. The van der Waals surface area contributed by atoms with E-state index in [0.29, 0.717) is 5.92 Å². The van der Waals surface area contributed by atoms with Gasteiger partial charge >= 0.3 is 0 Å². The molecule has 394 valence electrons. The smallest absolute Gasteiger partial charge is 0.0620 e. The number of benzene rings is 14. The summed E-state index contributed by atoms with van der Waals surface area (Å²) in [5, 5.41) is 20.5. The molecule has 0 radical (unpaired) electrons. The Bertz CT molecular complexity index is 5620. The lowest BCUT2D eigenvalue weighted by Gasteiger charge is -2.19. The molecule has 0 spiro atoms. The van der Waals surface area contributed by atoms with E-state index in [0.717, 1.165) is 6.42 Å². The van der Waals surface area contributed by atoms with Crippen LogP contribution < -0.4 is 0 Å². The average Bonchev–Trinajstić information content (AvgIpc) is 1.60. The van der Waals surface area contributed by atoms with E-state index in [4.69, 9.17) is 0 Å². The van der Waals surface area contributed by atoms with Gasteiger partial charge in [0.05, 0.1) is 33.1 Å². The Morgan fingerprint density at radius 3 is 1.20 bits per heavy atom. The Morgan fingerprint density at radius 2 is 0.714 bits per heavy atom. The number of fused-ring (bicyclic) bond motifs is 16. The standard InChI is InChI=1S/C82H56N2/c1-48(2)64-27-16-28-66(52-19-8-5-9-20-52)80(64)63-42-74-70-38-56-23-12-15-26-59(56)46-78(70)84-79-47-61-34-50(29-30-60(61)39-71(79)75(43-63)82(74)84)33-49(3)53-31-32-65(51-17-6-4-7-18-51)67(35-53)62-40-72-68-36-54-21-10-13-24-57(54)44-76(68)83-77-45-58-25-14-11-22-55(58)37-69(77)73(41-62)81(72)83/h4-32,34-49H,33H2,1-3H3. The summed E-state index contributed by atoms with van der Waals surface area (Å²) >= 11 is 0. The lowest BCUT2D eigenvalue weighted by Crippen LogP contribution is -2.00. The molecule has 2 nitrogen and oxygen atoms in total. The van der Waals surface area contributed by atoms with Crippen LogP contribution in [0, 0.1) is 0 Å². The summed E-state index contributed by atoms with van der Waals surface area (Å²) in [6.07, 6.45) is 0.910. The molecule has 0 saturated carbocycles. The fourth-order valence-electron chi connectivity index (χ4n) is 15.0. The highest BCUT2D eigenvalue weighted by Gasteiger charge is 2.25. The van der Waals surface area contributed by atoms with E-state index in [9.17, 15) is 0 Å². The van der Waals surface area contributed by atoms with Crippen molar-refractivity contribution in [2.24, 2.45) is 0 Å². The summed E-state index contributed by atoms with van der Waals surface area (Å²) in [7, 11) is 0. The lowest BCUT2D eigenvalue weighted by molar-refractivity contribution is 0.760. The van der Waals surface area contributed by atoms with Gasteiger partial charge < -0.3 is 8.80 Å². The van der Waals surface area contributed by atoms with Crippen molar-refractivity contribution in [2.75, 3.05) is 0 Å². The predicted molar refractivity (Wildman–Crippen MR) is 360 cm³/mol. The van der Waals surface area contributed by atoms with Crippen molar-refractivity contribution in [2.45, 2.75) is 39.0 Å². The number of aromatic nitrogens is 2. The second kappa shape index (κ2) is 17.9. The molecule has 4 aromatic heterocycles. The van der Waals surface area contributed by atoms with Gasteiger partial charge in [-0.05, 0) is 195 Å². The zero-order valence-corrected chi connectivity index (χ0v) is 47.1. The molecule has 1 atom stereocenters. The molecule has 1 unspecified atom stereocenters. The summed E-state index contributed by atoms with van der Waals surface area (Å²) in [6.45, 7) is 7.07. The minimum atomic E-state index is 0.248. The van der Waals surface area contributed by atoms with E-state index in [1.54, 1.807) is 0 Å². The normalized spacial score (nSPS) is 12.8. The third-order valence-electron chi connectivity index (χ3n) is 19.0. The molecule has 18 rings (SSSR count). The van der Waals surface area contributed by atoms with E-state index >= 15 is 0 Å². The highest BCUT2D eigenvalue weighted by Crippen LogP contribution is 2.49. The number of hydrogen-bond donors (Lipinski definition) is 0. The van der Waals surface area contributed by atoms with Gasteiger partial charge in [-0.2, -0.15) is 0 Å². The molecule has 0 bridgehead atoms. The molecular formula is C82H56N2. The van der Waals surface area contributed by atoms with Crippen LogP contribution >= 0.6 is 0 Å². The highest BCUT2D eigenvalue weighted by atomic mass is 14.9. The molecule has 2 heteroatoms. The second-order valence-corrected chi connectivity index (χ2v) is 24.3. The minimum Gasteiger partial charge on any atom is -0.308 e. The SMILES string of the molecule is CC(C)c1cccc(-c2ccccc2)c1-c1cc2c3cc4ccccc4cc3n3c4cc5cc(CC(C)c6ccc(-c7ccccc7)c(-c7cc8c9cc%10ccccc%10cc9n9c%10cc%11ccccc%11cc%10c(c7)c89)c6)ccc5cc4c(c1)c23. The first-order chi connectivity index (χ1) is 41.3. The molecule has 0 saturated heterocycles. The van der Waals surface area contributed by atoms with Crippen LogP contribution in [0.5, 0.6) is 0 Å². The van der Waals surface area contributed by atoms with Crippen LogP contribution in [0.25, 0.3) is 164 Å². The number of hydrogen-bond acceptors (Lipinski definition) is 0. The predicted octanol–water partition coefficient (Wildman–Crippen LogP) is 22.7. The number of nitrogens with zero attached hydrogens (tertiary/aromatic N) is 2. The first kappa shape index (κ1) is 47.4. The van der Waals surface area contributed by atoms with E-state index in [1.807, 2.05) is 0 Å². The van der Waals surface area contributed by atoms with Gasteiger partial charge in [-0.3, -0.25) is 0 Å². The molecular weight excluding hydrogens is 1010 g/mol. The fraction of sp³-hybridized carbons (Fsp3) is 0.0732. The fourth-order valence-corrected chi connectivity index (χ4v) is 15.0. The van der Waals surface area contributed by atoms with Gasteiger partial charge in [0.25, 0.3) is 0 Å². The van der Waals surface area contributed by atoms with Crippen molar-refractivity contribution in [3.8, 4) is 44.5 Å². The summed E-state index contributed by atoms with van der Waals surface area (Å²) in [6, 6.07) is 99.3. The zero-order valence-electron chi connectivity index (χ0n) is 47.1. The van der Waals surface area contributed by atoms with Gasteiger partial charge in [-0.25, -0.2) is 0 Å². The van der Waals surface area contributed by atoms with Crippen molar-refractivity contribution in [1.29, 1.82) is 0 Å². The second-order valence-electron chi connectivity index (χ2n) is 24.3. The largest absolute Gasteiger partial charge is 0.308 e. The maximum atomic E-state index is 2.58. The zero-order chi connectivity index (χ0) is 55.5. The van der Waals surface area contributed by atoms with Crippen molar-refractivity contribution < 1.29 is 0 Å². The molecule has 18 aromatic rings. The van der Waals surface area contributed by atoms with Gasteiger partial charge in [-0.1, -0.05) is 209 Å². The Hall–Kier alpha value is -10.3. The van der Waals surface area contributed by atoms with Crippen LogP contribution in [0.1, 0.15) is 49.3 Å². The Balaban J connectivity index is 0.791. The summed E-state index contributed by atoms with van der Waals surface area (Å²) in [4.78, 5) is 0. The first-order valence-electron chi connectivity index (χ1n) is 29.9. The summed E-state index contributed by atoms with van der Waals surface area (Å²) < 4.78 is 5.12. The lowest BCUT2D eigenvalue weighted by atomic mass is 9.85. The summed E-state index contributed by atoms with van der Waals surface area (Å²) in [5.41, 5.74) is 21.7. The van der Waals surface area contributed by atoms with Gasteiger partial charge in [0.15, 0.2) is 0 Å². The molecule has 0 fully saturated rings. The molecule has 0 amide bonds. The van der Waals surface area contributed by atoms with Crippen LogP contribution in [-0.4, -0.2) is 8.80 Å². The molecule has 14 aromatic carbocycles. The van der Waals surface area contributed by atoms with Gasteiger partial charge in [-0.15, -0.1) is 0 Å². The monoisotopic (exact) mass is 1070 g/mol. The maximum Gasteiger partial charge on any atom is 0.0620 e. The van der Waals surface area contributed by atoms with Gasteiger partial charge in [0, 0.05) is 43.1 Å². The third-order valence-corrected chi connectivity index (χ3v) is 19.0. The van der Waals surface area contributed by atoms with Crippen LogP contribution in [0.4, 0.5) is 0 Å². The summed E-state index contributed by atoms with van der Waals surface area (Å²) in [5.74, 6) is 0.597. The van der Waals surface area contributed by atoms with E-state index < -0.39 is 0 Å². The van der Waals surface area contributed by atoms with Gasteiger partial charge in [0.2, 0.25) is 0 Å². The van der Waals surface area contributed by atoms with Crippen molar-refractivity contribution in [3.63, 3.8) is 0 Å².